The molecule has 0 aromatic carbocycles. The van der Waals surface area contributed by atoms with E-state index >= 15 is 0 Å². The van der Waals surface area contributed by atoms with Crippen LogP contribution in [0.2, 0.25) is 0 Å². The van der Waals surface area contributed by atoms with Crippen LogP contribution in [-0.2, 0) is 19.1 Å². The molecule has 0 fully saturated rings. The highest BCUT2D eigenvalue weighted by Crippen LogP contribution is 2.06. The minimum absolute atomic E-state index is 0.143. The van der Waals surface area contributed by atoms with Gasteiger partial charge in [0.1, 0.15) is 5.60 Å². The molecule has 1 amide bonds. The zero-order valence-corrected chi connectivity index (χ0v) is 13.0. The van der Waals surface area contributed by atoms with E-state index in [4.69, 9.17) is 14.6 Å². The molecule has 0 aliphatic heterocycles. The van der Waals surface area contributed by atoms with Gasteiger partial charge in [-0.3, -0.25) is 14.5 Å². The molecular weight excluding hydrogens is 280 g/mol. The lowest BCUT2D eigenvalue weighted by Gasteiger charge is -2.22. The van der Waals surface area contributed by atoms with Gasteiger partial charge in [0.25, 0.3) is 0 Å². The molecule has 0 bridgehead atoms. The summed E-state index contributed by atoms with van der Waals surface area (Å²) in [6.45, 7) is 7.04. The Morgan fingerprint density at radius 2 is 1.81 bits per heavy atom. The van der Waals surface area contributed by atoms with Gasteiger partial charge >= 0.3 is 18.0 Å². The zero-order valence-electron chi connectivity index (χ0n) is 13.0. The van der Waals surface area contributed by atoms with E-state index in [1.54, 1.807) is 27.7 Å². The smallest absolute Gasteiger partial charge is 0.407 e. The third kappa shape index (κ3) is 11.7. The fourth-order valence-electron chi connectivity index (χ4n) is 1.42. The van der Waals surface area contributed by atoms with Crippen molar-refractivity contribution in [3.05, 3.63) is 0 Å². The summed E-state index contributed by atoms with van der Waals surface area (Å²) in [7, 11) is 0. The second-order valence-corrected chi connectivity index (χ2v) is 5.34. The van der Waals surface area contributed by atoms with Crippen LogP contribution in [0.5, 0.6) is 0 Å². The minimum atomic E-state index is -1.06. The molecule has 0 unspecified atom stereocenters. The molecule has 2 N–H and O–H groups in total. The summed E-state index contributed by atoms with van der Waals surface area (Å²) in [5.41, 5.74) is -0.601. The molecule has 0 aliphatic rings. The zero-order chi connectivity index (χ0) is 16.5. The molecule has 0 rings (SSSR count). The van der Waals surface area contributed by atoms with Crippen LogP contribution in [0.1, 0.15) is 27.7 Å². The second-order valence-electron chi connectivity index (χ2n) is 5.34. The third-order valence-corrected chi connectivity index (χ3v) is 2.11. The molecule has 0 saturated carbocycles. The van der Waals surface area contributed by atoms with Gasteiger partial charge in [0.15, 0.2) is 0 Å². The molecule has 0 saturated heterocycles. The number of nitrogens with one attached hydrogen (secondary N) is 1. The van der Waals surface area contributed by atoms with E-state index in [9.17, 15) is 14.4 Å². The molecule has 122 valence electrons. The number of esters is 1. The molecular formula is C13H24N2O6. The van der Waals surface area contributed by atoms with Crippen LogP contribution < -0.4 is 5.32 Å². The van der Waals surface area contributed by atoms with Gasteiger partial charge in [0, 0.05) is 13.1 Å². The van der Waals surface area contributed by atoms with Gasteiger partial charge in [0.05, 0.1) is 19.7 Å². The number of ether oxygens (including phenoxy) is 2. The highest BCUT2D eigenvalue weighted by Gasteiger charge is 2.17. The Bertz CT molecular complexity index is 364. The quantitative estimate of drug-likeness (QED) is 0.628. The maximum absolute atomic E-state index is 11.4. The molecule has 0 heterocycles. The lowest BCUT2D eigenvalue weighted by atomic mass is 10.2. The minimum Gasteiger partial charge on any atom is -0.480 e. The molecule has 0 aliphatic carbocycles. The Morgan fingerprint density at radius 3 is 2.29 bits per heavy atom. The van der Waals surface area contributed by atoms with E-state index in [1.807, 2.05) is 0 Å². The maximum Gasteiger partial charge on any atom is 0.407 e. The van der Waals surface area contributed by atoms with Gasteiger partial charge in [-0.1, -0.05) is 0 Å². The molecule has 8 heteroatoms. The van der Waals surface area contributed by atoms with Gasteiger partial charge < -0.3 is 19.9 Å². The summed E-state index contributed by atoms with van der Waals surface area (Å²) in [6, 6.07) is 0. The first-order chi connectivity index (χ1) is 9.64. The van der Waals surface area contributed by atoms with Gasteiger partial charge in [-0.05, 0) is 27.7 Å². The highest BCUT2D eigenvalue weighted by molar-refractivity contribution is 5.74. The largest absolute Gasteiger partial charge is 0.480 e. The van der Waals surface area contributed by atoms with Gasteiger partial charge in [-0.25, -0.2) is 4.79 Å². The summed E-state index contributed by atoms with van der Waals surface area (Å²) in [4.78, 5) is 34.9. The fraction of sp³-hybridized carbons (Fsp3) is 0.769. The Kier molecular flexibility index (Phi) is 8.37. The van der Waals surface area contributed by atoms with Crippen LogP contribution in [0.3, 0.4) is 0 Å². The lowest BCUT2D eigenvalue weighted by Crippen LogP contribution is -2.42. The average molecular weight is 304 g/mol. The normalized spacial score (nSPS) is 11.1. The number of carbonyl (C=O) groups excluding carboxylic acids is 2. The molecule has 0 spiro atoms. The molecule has 21 heavy (non-hydrogen) atoms. The van der Waals surface area contributed by atoms with Crippen LogP contribution in [0.4, 0.5) is 4.79 Å². The SMILES string of the molecule is CCOC(=O)CN(CCNC(=O)OC(C)(C)C)CC(=O)O. The van der Waals surface area contributed by atoms with E-state index in [2.05, 4.69) is 5.32 Å². The van der Waals surface area contributed by atoms with E-state index in [-0.39, 0.29) is 32.8 Å². The number of nitrogens with zero attached hydrogens (tertiary/aromatic N) is 1. The van der Waals surface area contributed by atoms with E-state index in [0.717, 1.165) is 0 Å². The monoisotopic (exact) mass is 304 g/mol. The summed E-state index contributed by atoms with van der Waals surface area (Å²) in [5, 5.41) is 11.3. The van der Waals surface area contributed by atoms with Crippen LogP contribution in [0, 0.1) is 0 Å². The van der Waals surface area contributed by atoms with Crippen molar-refractivity contribution in [3.63, 3.8) is 0 Å². The predicted molar refractivity (Wildman–Crippen MR) is 74.9 cm³/mol. The van der Waals surface area contributed by atoms with Gasteiger partial charge in [-0.2, -0.15) is 0 Å². The number of carbonyl (C=O) groups is 3. The molecule has 0 aromatic rings. The number of hydrogen-bond acceptors (Lipinski definition) is 6. The highest BCUT2D eigenvalue weighted by atomic mass is 16.6. The predicted octanol–water partition coefficient (Wildman–Crippen LogP) is 0.461. The Labute approximate surface area is 124 Å². The summed E-state index contributed by atoms with van der Waals surface area (Å²) >= 11 is 0. The molecule has 0 aromatic heterocycles. The second kappa shape index (κ2) is 9.17. The number of carboxylic acid groups (broad SMARTS) is 1. The van der Waals surface area contributed by atoms with Crippen molar-refractivity contribution < 1.29 is 29.0 Å². The van der Waals surface area contributed by atoms with Crippen LogP contribution in [-0.4, -0.2) is 66.4 Å². The van der Waals surface area contributed by atoms with Gasteiger partial charge in [0.2, 0.25) is 0 Å². The topological polar surface area (TPSA) is 105 Å². The summed E-state index contributed by atoms with van der Waals surface area (Å²) in [6.07, 6.45) is -0.589. The fourth-order valence-corrected chi connectivity index (χ4v) is 1.42. The number of aliphatic carboxylic acids is 1. The number of rotatable bonds is 8. The van der Waals surface area contributed by atoms with Crippen molar-refractivity contribution in [2.24, 2.45) is 0 Å². The Balaban J connectivity index is 4.20. The van der Waals surface area contributed by atoms with Crippen molar-refractivity contribution in [3.8, 4) is 0 Å². The number of carboxylic acids is 1. The van der Waals surface area contributed by atoms with Crippen molar-refractivity contribution in [2.45, 2.75) is 33.3 Å². The molecule has 8 nitrogen and oxygen atoms in total. The lowest BCUT2D eigenvalue weighted by molar-refractivity contribution is -0.145. The van der Waals surface area contributed by atoms with Gasteiger partial charge in [-0.15, -0.1) is 0 Å². The summed E-state index contributed by atoms with van der Waals surface area (Å²) < 4.78 is 9.81. The first-order valence-electron chi connectivity index (χ1n) is 6.70. The summed E-state index contributed by atoms with van der Waals surface area (Å²) in [5.74, 6) is -1.56. The van der Waals surface area contributed by atoms with Crippen molar-refractivity contribution in [1.29, 1.82) is 0 Å². The Morgan fingerprint density at radius 1 is 1.19 bits per heavy atom. The Hall–Kier alpha value is -1.83. The number of amides is 1. The van der Waals surface area contributed by atoms with Crippen LogP contribution in [0.25, 0.3) is 0 Å². The van der Waals surface area contributed by atoms with E-state index in [1.165, 1.54) is 4.90 Å². The van der Waals surface area contributed by atoms with E-state index in [0.29, 0.717) is 0 Å². The van der Waals surface area contributed by atoms with Crippen LogP contribution in [0.15, 0.2) is 0 Å². The standard InChI is InChI=1S/C13H24N2O6/c1-5-20-11(18)9-15(8-10(16)17)7-6-14-12(19)21-13(2,3)4/h5-9H2,1-4H3,(H,14,19)(H,16,17). The molecule has 0 atom stereocenters. The van der Waals surface area contributed by atoms with Crippen molar-refractivity contribution in [2.75, 3.05) is 32.8 Å². The number of alkyl carbamates (subject to hydrolysis) is 1. The number of hydrogen-bond donors (Lipinski definition) is 2. The van der Waals surface area contributed by atoms with Crippen molar-refractivity contribution >= 4 is 18.0 Å². The average Bonchev–Trinajstić information content (AvgIpc) is 2.25. The third-order valence-electron chi connectivity index (χ3n) is 2.11. The first kappa shape index (κ1) is 19.2. The molecule has 0 radical (unpaired) electrons. The van der Waals surface area contributed by atoms with Crippen LogP contribution >= 0.6 is 0 Å². The van der Waals surface area contributed by atoms with E-state index < -0.39 is 23.6 Å². The van der Waals surface area contributed by atoms with Crippen molar-refractivity contribution in [1.82, 2.24) is 10.2 Å². The first-order valence-corrected chi connectivity index (χ1v) is 6.70. The maximum atomic E-state index is 11.4.